The van der Waals surface area contributed by atoms with Gasteiger partial charge in [0.15, 0.2) is 17.8 Å². The summed E-state index contributed by atoms with van der Waals surface area (Å²) in [5.74, 6) is 1.52. The number of aromatic nitrogens is 1. The second kappa shape index (κ2) is 8.79. The van der Waals surface area contributed by atoms with Crippen LogP contribution in [0.25, 0.3) is 22.0 Å². The quantitative estimate of drug-likeness (QED) is 0.470. The van der Waals surface area contributed by atoms with Crippen LogP contribution in [0.2, 0.25) is 0 Å². The van der Waals surface area contributed by atoms with Crippen molar-refractivity contribution in [2.75, 3.05) is 32.1 Å². The van der Waals surface area contributed by atoms with Crippen molar-refractivity contribution < 1.29 is 14.6 Å². The number of hydrogen-bond acceptors (Lipinski definition) is 6. The number of anilines is 1. The van der Waals surface area contributed by atoms with Gasteiger partial charge >= 0.3 is 0 Å². The number of ether oxygens (including phenoxy) is 1. The fraction of sp³-hybridized carbons (Fsp3) is 0.385. The van der Waals surface area contributed by atoms with E-state index in [1.165, 1.54) is 0 Å². The summed E-state index contributed by atoms with van der Waals surface area (Å²) >= 11 is 0. The molecule has 0 bridgehead atoms. The number of phenolic OH excluding ortho intramolecular Hbond substituents is 1. The number of carbonyl (C=O) groups excluding carboxylic acids is 1. The molecule has 1 saturated carbocycles. The van der Waals surface area contributed by atoms with Gasteiger partial charge in [-0.3, -0.25) is 9.78 Å². The first-order valence-electron chi connectivity index (χ1n) is 11.4. The third-order valence-electron chi connectivity index (χ3n) is 6.67. The molecule has 2 heterocycles. The van der Waals surface area contributed by atoms with Gasteiger partial charge in [0.2, 0.25) is 0 Å². The number of benzene rings is 2. The minimum absolute atomic E-state index is 0.111. The average Bonchev–Trinajstić information content (AvgIpc) is 3.68. The van der Waals surface area contributed by atoms with Crippen LogP contribution in [-0.4, -0.2) is 43.1 Å². The molecule has 1 aliphatic carbocycles. The maximum Gasteiger partial charge on any atom is 0.161 e. The molecule has 0 atom stereocenters. The number of rotatable bonds is 7. The minimum atomic E-state index is 0.111. The van der Waals surface area contributed by atoms with E-state index in [-0.39, 0.29) is 5.75 Å². The Bertz CT molecular complexity index is 1150. The second-order valence-electron chi connectivity index (χ2n) is 8.87. The van der Waals surface area contributed by atoms with Crippen LogP contribution < -0.4 is 15.4 Å². The summed E-state index contributed by atoms with van der Waals surface area (Å²) in [4.78, 5) is 17.1. The van der Waals surface area contributed by atoms with Gasteiger partial charge in [-0.05, 0) is 80.1 Å². The summed E-state index contributed by atoms with van der Waals surface area (Å²) in [6.45, 7) is 2.94. The average molecular weight is 432 g/mol. The first kappa shape index (κ1) is 20.8. The van der Waals surface area contributed by atoms with Crippen molar-refractivity contribution in [1.29, 1.82) is 0 Å². The highest BCUT2D eigenvalue weighted by atomic mass is 16.5. The maximum atomic E-state index is 12.2. The monoisotopic (exact) mass is 431 g/mol. The molecule has 32 heavy (non-hydrogen) atoms. The molecular formula is C26H29N3O3. The molecular weight excluding hydrogens is 402 g/mol. The Hall–Kier alpha value is -3.12. The molecule has 0 radical (unpaired) electrons. The van der Waals surface area contributed by atoms with E-state index in [0.29, 0.717) is 23.1 Å². The highest BCUT2D eigenvalue weighted by Crippen LogP contribution is 2.44. The topological polar surface area (TPSA) is 83.5 Å². The SMILES string of the molecule is COc1cc(-c2ccc3nc(C4CC4)c(C=O)c(NCC4CCNCC4)c3c2)ccc1O. The van der Waals surface area contributed by atoms with Gasteiger partial charge in [-0.15, -0.1) is 0 Å². The van der Waals surface area contributed by atoms with Gasteiger partial charge in [0.25, 0.3) is 0 Å². The standard InChI is InChI=1S/C26H29N3O3/c1-32-24-13-19(5-7-23(24)31)18-4-6-22-20(12-18)26(28-14-16-8-10-27-11-9-16)21(15-30)25(29-22)17-2-3-17/h4-7,12-13,15-17,27,31H,2-3,8-11,14H2,1H3,(H,28,29). The lowest BCUT2D eigenvalue weighted by molar-refractivity contribution is 0.112. The molecule has 3 aromatic rings. The van der Waals surface area contributed by atoms with Gasteiger partial charge < -0.3 is 20.5 Å². The number of carbonyl (C=O) groups is 1. The number of fused-ring (bicyclic) bond motifs is 1. The summed E-state index contributed by atoms with van der Waals surface area (Å²) in [5.41, 5.74) is 5.36. The van der Waals surface area contributed by atoms with Crippen LogP contribution in [0.5, 0.6) is 11.5 Å². The Labute approximate surface area is 188 Å². The molecule has 6 heteroatoms. The number of phenols is 1. The van der Waals surface area contributed by atoms with E-state index in [4.69, 9.17) is 9.72 Å². The van der Waals surface area contributed by atoms with Crippen molar-refractivity contribution in [1.82, 2.24) is 10.3 Å². The van der Waals surface area contributed by atoms with Gasteiger partial charge in [-0.1, -0.05) is 12.1 Å². The fourth-order valence-corrected chi connectivity index (χ4v) is 4.64. The van der Waals surface area contributed by atoms with Crippen molar-refractivity contribution in [2.45, 2.75) is 31.6 Å². The smallest absolute Gasteiger partial charge is 0.161 e. The van der Waals surface area contributed by atoms with Gasteiger partial charge in [0.1, 0.15) is 0 Å². The molecule has 2 fully saturated rings. The lowest BCUT2D eigenvalue weighted by atomic mass is 9.96. The van der Waals surface area contributed by atoms with Crippen LogP contribution in [0.3, 0.4) is 0 Å². The van der Waals surface area contributed by atoms with Crippen LogP contribution in [0, 0.1) is 5.92 Å². The number of aldehydes is 1. The van der Waals surface area contributed by atoms with Crippen molar-refractivity contribution in [3.05, 3.63) is 47.7 Å². The zero-order chi connectivity index (χ0) is 22.1. The van der Waals surface area contributed by atoms with E-state index >= 15 is 0 Å². The Balaban J connectivity index is 1.59. The van der Waals surface area contributed by atoms with E-state index in [1.807, 2.05) is 24.3 Å². The third-order valence-corrected chi connectivity index (χ3v) is 6.67. The van der Waals surface area contributed by atoms with Crippen LogP contribution in [0.1, 0.15) is 47.7 Å². The Morgan fingerprint density at radius 3 is 2.59 bits per heavy atom. The van der Waals surface area contributed by atoms with Crippen LogP contribution in [-0.2, 0) is 0 Å². The summed E-state index contributed by atoms with van der Waals surface area (Å²) in [6, 6.07) is 11.5. The van der Waals surface area contributed by atoms with Gasteiger partial charge in [-0.25, -0.2) is 0 Å². The maximum absolute atomic E-state index is 12.2. The summed E-state index contributed by atoms with van der Waals surface area (Å²) < 4.78 is 5.28. The molecule has 166 valence electrons. The highest BCUT2D eigenvalue weighted by molar-refractivity contribution is 6.03. The molecule has 2 aliphatic rings. The molecule has 2 aromatic carbocycles. The number of hydrogen-bond donors (Lipinski definition) is 3. The van der Waals surface area contributed by atoms with Crippen molar-refractivity contribution in [2.24, 2.45) is 5.92 Å². The molecule has 6 nitrogen and oxygen atoms in total. The molecule has 1 aromatic heterocycles. The van der Waals surface area contributed by atoms with E-state index in [9.17, 15) is 9.90 Å². The van der Waals surface area contributed by atoms with Gasteiger partial charge in [0.05, 0.1) is 29.6 Å². The van der Waals surface area contributed by atoms with Crippen LogP contribution in [0.15, 0.2) is 36.4 Å². The second-order valence-corrected chi connectivity index (χ2v) is 8.87. The Morgan fingerprint density at radius 2 is 1.88 bits per heavy atom. The zero-order valence-corrected chi connectivity index (χ0v) is 18.4. The summed E-state index contributed by atoms with van der Waals surface area (Å²) in [5, 5.41) is 18.0. The van der Waals surface area contributed by atoms with E-state index < -0.39 is 0 Å². The highest BCUT2D eigenvalue weighted by Gasteiger charge is 2.30. The lowest BCUT2D eigenvalue weighted by Crippen LogP contribution is -2.31. The number of piperidine rings is 1. The molecule has 0 spiro atoms. The third kappa shape index (κ3) is 4.02. The molecule has 0 unspecified atom stereocenters. The van der Waals surface area contributed by atoms with Crippen LogP contribution in [0.4, 0.5) is 5.69 Å². The number of methoxy groups -OCH3 is 1. The number of nitrogens with zero attached hydrogens (tertiary/aromatic N) is 1. The zero-order valence-electron chi connectivity index (χ0n) is 18.4. The normalized spacial score (nSPS) is 16.8. The van der Waals surface area contributed by atoms with Gasteiger partial charge in [0, 0.05) is 17.8 Å². The van der Waals surface area contributed by atoms with Crippen LogP contribution >= 0.6 is 0 Å². The summed E-state index contributed by atoms with van der Waals surface area (Å²) in [7, 11) is 1.54. The Morgan fingerprint density at radius 1 is 1.12 bits per heavy atom. The van der Waals surface area contributed by atoms with Crippen molar-refractivity contribution in [3.63, 3.8) is 0 Å². The molecule has 1 aliphatic heterocycles. The molecule has 5 rings (SSSR count). The number of aromatic hydroxyl groups is 1. The number of pyridine rings is 1. The van der Waals surface area contributed by atoms with Gasteiger partial charge in [-0.2, -0.15) is 0 Å². The van der Waals surface area contributed by atoms with E-state index in [1.54, 1.807) is 13.2 Å². The van der Waals surface area contributed by atoms with Crippen molar-refractivity contribution in [3.8, 4) is 22.6 Å². The lowest BCUT2D eigenvalue weighted by Gasteiger charge is -2.24. The minimum Gasteiger partial charge on any atom is -0.504 e. The Kier molecular flexibility index (Phi) is 5.70. The van der Waals surface area contributed by atoms with E-state index in [0.717, 1.165) is 85.0 Å². The molecule has 0 amide bonds. The first-order chi connectivity index (χ1) is 15.7. The first-order valence-corrected chi connectivity index (χ1v) is 11.4. The van der Waals surface area contributed by atoms with Crippen molar-refractivity contribution >= 4 is 22.9 Å². The predicted molar refractivity (Wildman–Crippen MR) is 127 cm³/mol. The van der Waals surface area contributed by atoms with E-state index in [2.05, 4.69) is 16.7 Å². The molecule has 3 N–H and O–H groups in total. The predicted octanol–water partition coefficient (Wildman–Crippen LogP) is 4.72. The largest absolute Gasteiger partial charge is 0.504 e. The summed E-state index contributed by atoms with van der Waals surface area (Å²) in [6.07, 6.45) is 5.44. The molecule has 1 saturated heterocycles. The number of nitrogens with one attached hydrogen (secondary N) is 2. The fourth-order valence-electron chi connectivity index (χ4n) is 4.64.